The Labute approximate surface area is 150 Å². The van der Waals surface area contributed by atoms with Crippen molar-refractivity contribution in [2.45, 2.75) is 51.7 Å². The van der Waals surface area contributed by atoms with Gasteiger partial charge in [0.25, 0.3) is 0 Å². The fourth-order valence-electron chi connectivity index (χ4n) is 3.33. The van der Waals surface area contributed by atoms with Crippen LogP contribution in [0.5, 0.6) is 0 Å². The normalized spacial score (nSPS) is 21.0. The van der Waals surface area contributed by atoms with Crippen LogP contribution in [0, 0.1) is 13.8 Å². The number of hydrogen-bond acceptors (Lipinski definition) is 4. The number of carbonyl (C=O) groups is 1. The molecule has 1 amide bonds. The molecule has 1 fully saturated rings. The van der Waals surface area contributed by atoms with E-state index < -0.39 is 16.1 Å². The summed E-state index contributed by atoms with van der Waals surface area (Å²) in [4.78, 5) is 14.2. The van der Waals surface area contributed by atoms with Gasteiger partial charge in [0.1, 0.15) is 6.54 Å². The van der Waals surface area contributed by atoms with Crippen LogP contribution in [-0.2, 0) is 14.8 Å². The number of aliphatic hydroxyl groups is 1. The van der Waals surface area contributed by atoms with Crippen molar-refractivity contribution in [3.63, 3.8) is 0 Å². The third kappa shape index (κ3) is 4.73. The van der Waals surface area contributed by atoms with Gasteiger partial charge in [-0.3, -0.25) is 9.10 Å². The van der Waals surface area contributed by atoms with Crippen molar-refractivity contribution in [2.75, 3.05) is 24.2 Å². The van der Waals surface area contributed by atoms with Crippen molar-refractivity contribution < 1.29 is 18.3 Å². The lowest BCUT2D eigenvalue weighted by molar-refractivity contribution is -0.133. The van der Waals surface area contributed by atoms with Crippen LogP contribution in [0.3, 0.4) is 0 Å². The molecule has 0 radical (unpaired) electrons. The summed E-state index contributed by atoms with van der Waals surface area (Å²) >= 11 is 0. The molecule has 7 heteroatoms. The lowest BCUT2D eigenvalue weighted by Gasteiger charge is -2.36. The average Bonchev–Trinajstić information content (AvgIpc) is 2.53. The van der Waals surface area contributed by atoms with Crippen molar-refractivity contribution in [2.24, 2.45) is 0 Å². The molecule has 2 atom stereocenters. The molecule has 1 aliphatic rings. The summed E-state index contributed by atoms with van der Waals surface area (Å²) in [6.45, 7) is 3.45. The molecule has 0 aliphatic heterocycles. The van der Waals surface area contributed by atoms with Crippen LogP contribution >= 0.6 is 0 Å². The SMILES string of the molecule is Cc1ccc(C)c(N(CC(=O)N(C)C2CCCCC2O)S(C)(=O)=O)c1. The highest BCUT2D eigenvalue weighted by atomic mass is 32.2. The predicted molar refractivity (Wildman–Crippen MR) is 99.1 cm³/mol. The van der Waals surface area contributed by atoms with Crippen LogP contribution in [0.2, 0.25) is 0 Å². The maximum atomic E-state index is 12.7. The molecule has 0 aromatic heterocycles. The summed E-state index contributed by atoms with van der Waals surface area (Å²) in [7, 11) is -1.96. The molecular weight excluding hydrogens is 340 g/mol. The van der Waals surface area contributed by atoms with Crippen LogP contribution < -0.4 is 4.31 Å². The Kier molecular flexibility index (Phi) is 6.11. The van der Waals surface area contributed by atoms with Crippen molar-refractivity contribution in [3.8, 4) is 0 Å². The predicted octanol–water partition coefficient (Wildman–Crippen LogP) is 1.83. The highest BCUT2D eigenvalue weighted by Gasteiger charge is 2.31. The van der Waals surface area contributed by atoms with Gasteiger partial charge in [-0.1, -0.05) is 25.0 Å². The quantitative estimate of drug-likeness (QED) is 0.860. The van der Waals surface area contributed by atoms with Gasteiger partial charge in [0.15, 0.2) is 0 Å². The molecule has 0 heterocycles. The van der Waals surface area contributed by atoms with Crippen LogP contribution in [0.15, 0.2) is 18.2 Å². The van der Waals surface area contributed by atoms with Gasteiger partial charge in [-0.05, 0) is 43.9 Å². The highest BCUT2D eigenvalue weighted by Crippen LogP contribution is 2.26. The molecule has 1 aliphatic carbocycles. The second-order valence-corrected chi connectivity index (χ2v) is 8.89. The van der Waals surface area contributed by atoms with Crippen molar-refractivity contribution in [1.82, 2.24) is 4.90 Å². The first kappa shape index (κ1) is 19.7. The molecule has 25 heavy (non-hydrogen) atoms. The Morgan fingerprint density at radius 3 is 2.48 bits per heavy atom. The molecule has 1 aromatic rings. The van der Waals surface area contributed by atoms with Gasteiger partial charge < -0.3 is 10.0 Å². The molecule has 0 spiro atoms. The minimum absolute atomic E-state index is 0.249. The lowest BCUT2D eigenvalue weighted by Crippen LogP contribution is -2.50. The van der Waals surface area contributed by atoms with Gasteiger partial charge in [-0.15, -0.1) is 0 Å². The van der Waals surface area contributed by atoms with E-state index in [2.05, 4.69) is 0 Å². The summed E-state index contributed by atoms with van der Waals surface area (Å²) in [5.74, 6) is -0.308. The summed E-state index contributed by atoms with van der Waals surface area (Å²) < 4.78 is 25.8. The van der Waals surface area contributed by atoms with Crippen molar-refractivity contribution in [3.05, 3.63) is 29.3 Å². The smallest absolute Gasteiger partial charge is 0.243 e. The first-order chi connectivity index (χ1) is 11.6. The van der Waals surface area contributed by atoms with Gasteiger partial charge in [-0.2, -0.15) is 0 Å². The van der Waals surface area contributed by atoms with Gasteiger partial charge in [0.2, 0.25) is 15.9 Å². The van der Waals surface area contributed by atoms with E-state index in [1.54, 1.807) is 13.1 Å². The van der Waals surface area contributed by atoms with E-state index in [-0.39, 0.29) is 18.5 Å². The maximum absolute atomic E-state index is 12.7. The van der Waals surface area contributed by atoms with E-state index in [9.17, 15) is 18.3 Å². The Morgan fingerprint density at radius 2 is 1.88 bits per heavy atom. The molecule has 0 bridgehead atoms. The number of benzene rings is 1. The zero-order chi connectivity index (χ0) is 18.8. The number of nitrogens with zero attached hydrogens (tertiary/aromatic N) is 2. The summed E-state index contributed by atoms with van der Waals surface area (Å²) in [5.41, 5.74) is 2.25. The first-order valence-corrected chi connectivity index (χ1v) is 10.4. The lowest BCUT2D eigenvalue weighted by atomic mass is 9.91. The monoisotopic (exact) mass is 368 g/mol. The zero-order valence-electron chi connectivity index (χ0n) is 15.4. The van der Waals surface area contributed by atoms with E-state index in [1.807, 2.05) is 26.0 Å². The fourth-order valence-corrected chi connectivity index (χ4v) is 4.23. The molecule has 1 saturated carbocycles. The average molecular weight is 368 g/mol. The Bertz CT molecular complexity index is 733. The third-order valence-electron chi connectivity index (χ3n) is 4.90. The molecule has 0 saturated heterocycles. The number of likely N-dealkylation sites (N-methyl/N-ethyl adjacent to an activating group) is 1. The van der Waals surface area contributed by atoms with E-state index in [4.69, 9.17) is 0 Å². The Morgan fingerprint density at radius 1 is 1.24 bits per heavy atom. The summed E-state index contributed by atoms with van der Waals surface area (Å²) in [6.07, 6.45) is 3.90. The first-order valence-electron chi connectivity index (χ1n) is 8.60. The second-order valence-electron chi connectivity index (χ2n) is 6.98. The Balaban J connectivity index is 2.25. The molecule has 140 valence electrons. The number of anilines is 1. The number of aliphatic hydroxyl groups excluding tert-OH is 1. The standard InChI is InChI=1S/C18H28N2O4S/c1-13-9-10-14(2)16(11-13)20(25(4,23)24)12-18(22)19(3)15-7-5-6-8-17(15)21/h9-11,15,17,21H,5-8,12H2,1-4H3. The van der Waals surface area contributed by atoms with Crippen LogP contribution in [0.25, 0.3) is 0 Å². The second kappa shape index (κ2) is 7.74. The van der Waals surface area contributed by atoms with Gasteiger partial charge in [-0.25, -0.2) is 8.42 Å². The number of carbonyl (C=O) groups excluding carboxylic acids is 1. The fraction of sp³-hybridized carbons (Fsp3) is 0.611. The van der Waals surface area contributed by atoms with Crippen molar-refractivity contribution >= 4 is 21.6 Å². The van der Waals surface area contributed by atoms with Crippen LogP contribution in [-0.4, -0.2) is 56.3 Å². The van der Waals surface area contributed by atoms with Crippen LogP contribution in [0.4, 0.5) is 5.69 Å². The zero-order valence-corrected chi connectivity index (χ0v) is 16.2. The maximum Gasteiger partial charge on any atom is 0.243 e. The van der Waals surface area contributed by atoms with Gasteiger partial charge in [0, 0.05) is 7.05 Å². The molecule has 6 nitrogen and oxygen atoms in total. The molecule has 2 rings (SSSR count). The third-order valence-corrected chi connectivity index (χ3v) is 6.02. The number of sulfonamides is 1. The molecule has 1 aromatic carbocycles. The molecular formula is C18H28N2O4S. The molecule has 1 N–H and O–H groups in total. The van der Waals surface area contributed by atoms with E-state index in [0.717, 1.165) is 41.0 Å². The number of aryl methyl sites for hydroxylation is 2. The Hall–Kier alpha value is -1.60. The largest absolute Gasteiger partial charge is 0.391 e. The van der Waals surface area contributed by atoms with E-state index in [1.165, 1.54) is 4.90 Å². The minimum Gasteiger partial charge on any atom is -0.391 e. The van der Waals surface area contributed by atoms with Crippen LogP contribution in [0.1, 0.15) is 36.8 Å². The topological polar surface area (TPSA) is 77.9 Å². The number of amides is 1. The van der Waals surface area contributed by atoms with E-state index >= 15 is 0 Å². The number of rotatable bonds is 5. The molecule has 2 unspecified atom stereocenters. The highest BCUT2D eigenvalue weighted by molar-refractivity contribution is 7.92. The summed E-state index contributed by atoms with van der Waals surface area (Å²) in [6, 6.07) is 5.29. The number of hydrogen-bond donors (Lipinski definition) is 1. The van der Waals surface area contributed by atoms with E-state index in [0.29, 0.717) is 12.1 Å². The van der Waals surface area contributed by atoms with Gasteiger partial charge in [0.05, 0.1) is 24.1 Å². The van der Waals surface area contributed by atoms with Gasteiger partial charge >= 0.3 is 0 Å². The van der Waals surface area contributed by atoms with Crippen molar-refractivity contribution in [1.29, 1.82) is 0 Å². The minimum atomic E-state index is -3.61. The summed E-state index contributed by atoms with van der Waals surface area (Å²) in [5, 5.41) is 10.2.